The Morgan fingerprint density at radius 3 is 2.23 bits per heavy atom. The van der Waals surface area contributed by atoms with Gasteiger partial charge in [-0.2, -0.15) is 0 Å². The molecule has 2 aliphatic rings. The molecule has 0 radical (unpaired) electrons. The average molecular weight is 554 g/mol. The lowest BCUT2D eigenvalue weighted by molar-refractivity contribution is -0.253. The first kappa shape index (κ1) is 30.0. The van der Waals surface area contributed by atoms with E-state index >= 15 is 0 Å². The first-order valence-electron chi connectivity index (χ1n) is 14.5. The molecule has 9 heteroatoms. The van der Waals surface area contributed by atoms with Crippen LogP contribution < -0.4 is 10.6 Å². The van der Waals surface area contributed by atoms with E-state index in [0.29, 0.717) is 6.54 Å². The Morgan fingerprint density at radius 1 is 0.900 bits per heavy atom. The fraction of sp³-hybridized carbons (Fsp3) is 0.548. The number of aliphatic hydroxyl groups is 1. The van der Waals surface area contributed by atoms with Crippen molar-refractivity contribution in [1.82, 2.24) is 15.5 Å². The SMILES string of the molecule is CCOC(=O)CNC(=O)NCc1ccc([C@@H]2O[C@H](CN3CCCCCCC3)C[C@H](c3ccc(CO)cc3)O2)cc1. The van der Waals surface area contributed by atoms with E-state index in [-0.39, 0.29) is 32.0 Å². The number of carbonyl (C=O) groups excluding carboxylic acids is 2. The Kier molecular flexibility index (Phi) is 11.8. The molecule has 3 atom stereocenters. The molecule has 0 bridgehead atoms. The summed E-state index contributed by atoms with van der Waals surface area (Å²) >= 11 is 0. The van der Waals surface area contributed by atoms with E-state index in [1.54, 1.807) is 6.92 Å². The highest BCUT2D eigenvalue weighted by atomic mass is 16.7. The maximum Gasteiger partial charge on any atom is 0.325 e. The van der Waals surface area contributed by atoms with Crippen LogP contribution in [0.5, 0.6) is 0 Å². The van der Waals surface area contributed by atoms with Crippen LogP contribution in [0.2, 0.25) is 0 Å². The van der Waals surface area contributed by atoms with Crippen molar-refractivity contribution in [2.24, 2.45) is 0 Å². The van der Waals surface area contributed by atoms with E-state index in [0.717, 1.165) is 48.3 Å². The molecule has 218 valence electrons. The highest BCUT2D eigenvalue weighted by molar-refractivity contribution is 5.80. The van der Waals surface area contributed by atoms with Gasteiger partial charge < -0.3 is 34.9 Å². The number of urea groups is 1. The third-order valence-electron chi connectivity index (χ3n) is 7.43. The van der Waals surface area contributed by atoms with Gasteiger partial charge in [-0.15, -0.1) is 0 Å². The van der Waals surface area contributed by atoms with Crippen LogP contribution in [-0.2, 0) is 32.2 Å². The quantitative estimate of drug-likeness (QED) is 0.375. The van der Waals surface area contributed by atoms with Gasteiger partial charge in [-0.05, 0) is 49.5 Å². The summed E-state index contributed by atoms with van der Waals surface area (Å²) < 4.78 is 17.8. The summed E-state index contributed by atoms with van der Waals surface area (Å²) in [5.41, 5.74) is 3.80. The molecule has 2 saturated heterocycles. The normalized spacial score (nSPS) is 22.1. The number of rotatable bonds is 10. The lowest BCUT2D eigenvalue weighted by Crippen LogP contribution is -2.40. The van der Waals surface area contributed by atoms with E-state index in [1.807, 2.05) is 48.5 Å². The summed E-state index contributed by atoms with van der Waals surface area (Å²) in [5, 5.41) is 14.7. The van der Waals surface area contributed by atoms with Crippen LogP contribution in [0.1, 0.15) is 80.1 Å². The fourth-order valence-corrected chi connectivity index (χ4v) is 5.22. The van der Waals surface area contributed by atoms with Crippen molar-refractivity contribution in [3.63, 3.8) is 0 Å². The van der Waals surface area contributed by atoms with Crippen LogP contribution in [0.3, 0.4) is 0 Å². The number of likely N-dealkylation sites (tertiary alicyclic amines) is 1. The van der Waals surface area contributed by atoms with Gasteiger partial charge in [-0.25, -0.2) is 4.79 Å². The highest BCUT2D eigenvalue weighted by Gasteiger charge is 2.33. The largest absolute Gasteiger partial charge is 0.465 e. The van der Waals surface area contributed by atoms with Gasteiger partial charge in [0.2, 0.25) is 0 Å². The molecule has 2 amide bonds. The minimum absolute atomic E-state index is 0.0172. The lowest BCUT2D eigenvalue weighted by Gasteiger charge is -2.38. The van der Waals surface area contributed by atoms with Crippen LogP contribution in [0.4, 0.5) is 4.79 Å². The van der Waals surface area contributed by atoms with E-state index in [4.69, 9.17) is 14.2 Å². The number of hydrogen-bond acceptors (Lipinski definition) is 7. The maximum atomic E-state index is 12.0. The molecule has 9 nitrogen and oxygen atoms in total. The van der Waals surface area contributed by atoms with Gasteiger partial charge >= 0.3 is 12.0 Å². The molecule has 0 aliphatic carbocycles. The van der Waals surface area contributed by atoms with Crippen LogP contribution in [0.15, 0.2) is 48.5 Å². The Morgan fingerprint density at radius 2 is 1.55 bits per heavy atom. The highest BCUT2D eigenvalue weighted by Crippen LogP contribution is 2.38. The van der Waals surface area contributed by atoms with Gasteiger partial charge in [0.25, 0.3) is 0 Å². The topological polar surface area (TPSA) is 109 Å². The van der Waals surface area contributed by atoms with Crippen molar-refractivity contribution in [3.8, 4) is 0 Å². The molecular weight excluding hydrogens is 510 g/mol. The summed E-state index contributed by atoms with van der Waals surface area (Å²) in [6, 6.07) is 15.4. The summed E-state index contributed by atoms with van der Waals surface area (Å²) in [6.45, 7) is 5.26. The smallest absolute Gasteiger partial charge is 0.325 e. The van der Waals surface area contributed by atoms with E-state index < -0.39 is 18.3 Å². The first-order valence-corrected chi connectivity index (χ1v) is 14.5. The Bertz CT molecular complexity index is 1050. The third-order valence-corrected chi connectivity index (χ3v) is 7.43. The van der Waals surface area contributed by atoms with Crippen LogP contribution in [0, 0.1) is 0 Å². The molecule has 2 aromatic rings. The molecule has 2 heterocycles. The second-order valence-corrected chi connectivity index (χ2v) is 10.5. The minimum Gasteiger partial charge on any atom is -0.465 e. The zero-order valence-corrected chi connectivity index (χ0v) is 23.5. The Hall–Kier alpha value is -2.98. The minimum atomic E-state index is -0.508. The Balaban J connectivity index is 1.39. The number of nitrogens with one attached hydrogen (secondary N) is 2. The van der Waals surface area contributed by atoms with Crippen molar-refractivity contribution in [3.05, 3.63) is 70.8 Å². The second-order valence-electron chi connectivity index (χ2n) is 10.5. The number of nitrogens with zero attached hydrogens (tertiary/aromatic N) is 1. The van der Waals surface area contributed by atoms with Crippen molar-refractivity contribution >= 4 is 12.0 Å². The summed E-state index contributed by atoms with van der Waals surface area (Å²) in [7, 11) is 0. The molecule has 40 heavy (non-hydrogen) atoms. The van der Waals surface area contributed by atoms with Gasteiger partial charge in [-0.1, -0.05) is 67.8 Å². The van der Waals surface area contributed by atoms with E-state index in [9.17, 15) is 14.7 Å². The van der Waals surface area contributed by atoms with Gasteiger partial charge in [0.15, 0.2) is 6.29 Å². The van der Waals surface area contributed by atoms with Crippen LogP contribution >= 0.6 is 0 Å². The zero-order valence-electron chi connectivity index (χ0n) is 23.5. The average Bonchev–Trinajstić information content (AvgIpc) is 2.96. The number of amides is 2. The second kappa shape index (κ2) is 15.7. The lowest BCUT2D eigenvalue weighted by atomic mass is 9.99. The number of ether oxygens (including phenoxy) is 3. The van der Waals surface area contributed by atoms with Crippen molar-refractivity contribution < 1.29 is 28.9 Å². The molecule has 3 N–H and O–H groups in total. The van der Waals surface area contributed by atoms with Crippen molar-refractivity contribution in [2.45, 2.75) is 77.1 Å². The number of aliphatic hydroxyl groups excluding tert-OH is 1. The van der Waals surface area contributed by atoms with Crippen LogP contribution in [0.25, 0.3) is 0 Å². The number of esters is 1. The summed E-state index contributed by atoms with van der Waals surface area (Å²) in [6.07, 6.45) is 6.56. The van der Waals surface area contributed by atoms with E-state index in [2.05, 4.69) is 15.5 Å². The molecular formula is C31H43N3O6. The molecule has 0 aromatic heterocycles. The maximum absolute atomic E-state index is 12.0. The van der Waals surface area contributed by atoms with Crippen molar-refractivity contribution in [2.75, 3.05) is 32.8 Å². The predicted molar refractivity (Wildman–Crippen MR) is 151 cm³/mol. The van der Waals surface area contributed by atoms with Gasteiger partial charge in [-0.3, -0.25) is 4.79 Å². The molecule has 0 saturated carbocycles. The van der Waals surface area contributed by atoms with Crippen molar-refractivity contribution in [1.29, 1.82) is 0 Å². The van der Waals surface area contributed by atoms with Gasteiger partial charge in [0.05, 0.1) is 25.4 Å². The van der Waals surface area contributed by atoms with Crippen LogP contribution in [-0.4, -0.2) is 60.9 Å². The summed E-state index contributed by atoms with van der Waals surface area (Å²) in [4.78, 5) is 26.0. The molecule has 0 spiro atoms. The first-order chi connectivity index (χ1) is 19.5. The predicted octanol–water partition coefficient (Wildman–Crippen LogP) is 4.35. The number of hydrogen-bond donors (Lipinski definition) is 3. The molecule has 2 aromatic carbocycles. The number of benzene rings is 2. The third kappa shape index (κ3) is 9.30. The molecule has 4 rings (SSSR count). The number of carbonyl (C=O) groups is 2. The zero-order chi connectivity index (χ0) is 28.2. The summed E-state index contributed by atoms with van der Waals surface area (Å²) in [5.74, 6) is -0.471. The monoisotopic (exact) mass is 553 g/mol. The molecule has 2 fully saturated rings. The standard InChI is InChI=1S/C31H43N3O6/c1-2-38-29(36)20-33-31(37)32-19-23-8-14-26(15-9-23)30-39-27(21-34-16-6-4-3-5-7-17-34)18-28(40-30)25-12-10-24(22-35)11-13-25/h8-15,27-28,30,35H,2-7,16-22H2,1H3,(H2,32,33,37)/t27-,28+,30+/m0/s1. The van der Waals surface area contributed by atoms with Gasteiger partial charge in [0, 0.05) is 25.1 Å². The Labute approximate surface area is 237 Å². The molecule has 2 aliphatic heterocycles. The molecule has 0 unspecified atom stereocenters. The van der Waals surface area contributed by atoms with E-state index in [1.165, 1.54) is 32.1 Å². The fourth-order valence-electron chi connectivity index (χ4n) is 5.22. The van der Waals surface area contributed by atoms with Gasteiger partial charge in [0.1, 0.15) is 6.54 Å².